The van der Waals surface area contributed by atoms with E-state index in [-0.39, 0.29) is 31.5 Å². The largest absolute Gasteiger partial charge is 0.426 e. The average molecular weight is 372 g/mol. The Labute approximate surface area is 147 Å². The highest BCUT2D eigenvalue weighted by Gasteiger charge is 2.63. The van der Waals surface area contributed by atoms with Gasteiger partial charge in [0.25, 0.3) is 5.91 Å². The van der Waals surface area contributed by atoms with Gasteiger partial charge in [-0.05, 0) is 37.3 Å². The zero-order valence-corrected chi connectivity index (χ0v) is 14.1. The van der Waals surface area contributed by atoms with Crippen molar-refractivity contribution in [1.82, 2.24) is 20.4 Å². The Bertz CT molecular complexity index is 710. The molecule has 2 N–H and O–H groups in total. The van der Waals surface area contributed by atoms with Gasteiger partial charge in [0.05, 0.1) is 11.6 Å². The number of carbonyl (C=O) groups excluding carboxylic acids is 2. The zero-order valence-electron chi connectivity index (χ0n) is 14.1. The monoisotopic (exact) mass is 372 g/mol. The van der Waals surface area contributed by atoms with Crippen molar-refractivity contribution in [2.45, 2.75) is 38.1 Å². The third kappa shape index (κ3) is 2.91. The SMILES string of the molecule is CC(O)(C(=O)N1CC2CCC2(C(=O)NCc2ccnnc2)C1)C(F)(F)F. The van der Waals surface area contributed by atoms with E-state index in [2.05, 4.69) is 15.5 Å². The second kappa shape index (κ2) is 6.19. The maximum absolute atomic E-state index is 12.9. The lowest BCUT2D eigenvalue weighted by Crippen LogP contribution is -2.56. The normalized spacial score (nSPS) is 27.3. The number of amides is 2. The third-order valence-corrected chi connectivity index (χ3v) is 5.44. The lowest BCUT2D eigenvalue weighted by molar-refractivity contribution is -0.249. The highest BCUT2D eigenvalue weighted by molar-refractivity contribution is 5.89. The Morgan fingerprint density at radius 3 is 2.69 bits per heavy atom. The molecule has 3 unspecified atom stereocenters. The summed E-state index contributed by atoms with van der Waals surface area (Å²) >= 11 is 0. The first kappa shape index (κ1) is 18.6. The smallest absolute Gasteiger partial charge is 0.373 e. The van der Waals surface area contributed by atoms with Crippen LogP contribution in [0.3, 0.4) is 0 Å². The molecule has 1 aliphatic heterocycles. The molecule has 2 fully saturated rings. The van der Waals surface area contributed by atoms with Gasteiger partial charge in [0, 0.05) is 25.8 Å². The number of halogens is 3. The van der Waals surface area contributed by atoms with E-state index in [1.807, 2.05) is 0 Å². The quantitative estimate of drug-likeness (QED) is 0.809. The third-order valence-electron chi connectivity index (χ3n) is 5.44. The summed E-state index contributed by atoms with van der Waals surface area (Å²) in [5, 5.41) is 19.7. The first-order chi connectivity index (χ1) is 12.1. The standard InChI is InChI=1S/C16H19F3N4O3/c1-14(26,16(17,18)19)13(25)23-8-11-2-4-15(11,9-23)12(24)20-6-10-3-5-21-22-7-10/h3,5,7,11,26H,2,4,6,8-9H2,1H3,(H,20,24). The summed E-state index contributed by atoms with van der Waals surface area (Å²) in [6, 6.07) is 1.69. The van der Waals surface area contributed by atoms with Crippen molar-refractivity contribution < 1.29 is 27.9 Å². The fourth-order valence-corrected chi connectivity index (χ4v) is 3.58. The van der Waals surface area contributed by atoms with Crippen LogP contribution in [0.4, 0.5) is 13.2 Å². The number of nitrogens with one attached hydrogen (secondary N) is 1. The van der Waals surface area contributed by atoms with Crippen LogP contribution in [0.15, 0.2) is 18.5 Å². The van der Waals surface area contributed by atoms with Crippen molar-refractivity contribution in [1.29, 1.82) is 0 Å². The molecule has 26 heavy (non-hydrogen) atoms. The molecule has 1 aromatic heterocycles. The Hall–Kier alpha value is -2.23. The molecule has 2 amide bonds. The van der Waals surface area contributed by atoms with Crippen molar-refractivity contribution in [3.05, 3.63) is 24.0 Å². The summed E-state index contributed by atoms with van der Waals surface area (Å²) in [5.41, 5.74) is -3.61. The van der Waals surface area contributed by atoms with E-state index in [4.69, 9.17) is 0 Å². The van der Waals surface area contributed by atoms with Gasteiger partial charge in [-0.2, -0.15) is 23.4 Å². The van der Waals surface area contributed by atoms with Crippen molar-refractivity contribution in [3.63, 3.8) is 0 Å². The molecule has 1 saturated heterocycles. The first-order valence-corrected chi connectivity index (χ1v) is 8.20. The predicted octanol–water partition coefficient (Wildman–Crippen LogP) is 0.645. The molecule has 142 valence electrons. The fraction of sp³-hybridized carbons (Fsp3) is 0.625. The minimum absolute atomic E-state index is 0.0370. The number of aliphatic hydroxyl groups is 1. The van der Waals surface area contributed by atoms with Crippen molar-refractivity contribution in [2.24, 2.45) is 11.3 Å². The molecule has 0 bridgehead atoms. The number of hydrogen-bond donors (Lipinski definition) is 2. The number of aromatic nitrogens is 2. The summed E-state index contributed by atoms with van der Waals surface area (Å²) < 4.78 is 38.8. The molecule has 0 aromatic carbocycles. The van der Waals surface area contributed by atoms with E-state index in [0.29, 0.717) is 19.8 Å². The van der Waals surface area contributed by atoms with Crippen LogP contribution in [-0.2, 0) is 16.1 Å². The molecule has 3 rings (SSSR count). The molecular formula is C16H19F3N4O3. The molecule has 1 saturated carbocycles. The van der Waals surface area contributed by atoms with E-state index >= 15 is 0 Å². The van der Waals surface area contributed by atoms with E-state index < -0.39 is 23.1 Å². The molecule has 10 heteroatoms. The van der Waals surface area contributed by atoms with Crippen molar-refractivity contribution >= 4 is 11.8 Å². The number of fused-ring (bicyclic) bond motifs is 1. The molecular weight excluding hydrogens is 353 g/mol. The lowest BCUT2D eigenvalue weighted by Gasteiger charge is -2.42. The number of alkyl halides is 3. The molecule has 1 aliphatic carbocycles. The first-order valence-electron chi connectivity index (χ1n) is 8.20. The van der Waals surface area contributed by atoms with Gasteiger partial charge in [-0.15, -0.1) is 0 Å². The maximum atomic E-state index is 12.9. The van der Waals surface area contributed by atoms with Gasteiger partial charge in [-0.3, -0.25) is 9.59 Å². The zero-order chi connectivity index (χ0) is 19.2. The van der Waals surface area contributed by atoms with E-state index in [9.17, 15) is 27.9 Å². The van der Waals surface area contributed by atoms with Crippen LogP contribution >= 0.6 is 0 Å². The van der Waals surface area contributed by atoms with Gasteiger partial charge in [0.1, 0.15) is 0 Å². The molecule has 0 spiro atoms. The highest BCUT2D eigenvalue weighted by Crippen LogP contribution is 2.52. The second-order valence-corrected chi connectivity index (χ2v) is 7.08. The van der Waals surface area contributed by atoms with Crippen LogP contribution in [-0.4, -0.2) is 56.9 Å². The summed E-state index contributed by atoms with van der Waals surface area (Å²) in [6.07, 6.45) is -0.935. The highest BCUT2D eigenvalue weighted by atomic mass is 19.4. The van der Waals surface area contributed by atoms with Gasteiger partial charge in [-0.25, -0.2) is 0 Å². The molecule has 1 aromatic rings. The minimum atomic E-state index is -5.07. The Morgan fingerprint density at radius 2 is 2.15 bits per heavy atom. The van der Waals surface area contributed by atoms with E-state index in [1.165, 1.54) is 12.4 Å². The summed E-state index contributed by atoms with van der Waals surface area (Å²) in [7, 11) is 0. The molecule has 7 nitrogen and oxygen atoms in total. The lowest BCUT2D eigenvalue weighted by atomic mass is 9.61. The van der Waals surface area contributed by atoms with Gasteiger partial charge in [0.15, 0.2) is 0 Å². The van der Waals surface area contributed by atoms with Gasteiger partial charge < -0.3 is 15.3 Å². The van der Waals surface area contributed by atoms with E-state index in [0.717, 1.165) is 10.5 Å². The van der Waals surface area contributed by atoms with Crippen molar-refractivity contribution in [2.75, 3.05) is 13.1 Å². The Morgan fingerprint density at radius 1 is 1.42 bits per heavy atom. The van der Waals surface area contributed by atoms with Crippen LogP contribution in [0.5, 0.6) is 0 Å². The Balaban J connectivity index is 1.68. The predicted molar refractivity (Wildman–Crippen MR) is 82.3 cm³/mol. The van der Waals surface area contributed by atoms with Crippen molar-refractivity contribution in [3.8, 4) is 0 Å². The van der Waals surface area contributed by atoms with Gasteiger partial charge in [0.2, 0.25) is 11.5 Å². The Kier molecular flexibility index (Phi) is 4.41. The van der Waals surface area contributed by atoms with Gasteiger partial charge in [-0.1, -0.05) is 0 Å². The second-order valence-electron chi connectivity index (χ2n) is 7.08. The summed E-state index contributed by atoms with van der Waals surface area (Å²) in [6.45, 7) is 0.578. The van der Waals surface area contributed by atoms with Crippen LogP contribution in [0, 0.1) is 11.3 Å². The van der Waals surface area contributed by atoms with Crippen LogP contribution in [0.25, 0.3) is 0 Å². The number of rotatable bonds is 4. The number of carbonyl (C=O) groups is 2. The molecule has 2 heterocycles. The summed E-state index contributed by atoms with van der Waals surface area (Å²) in [4.78, 5) is 25.8. The number of likely N-dealkylation sites (tertiary alicyclic amines) is 1. The average Bonchev–Trinajstić information content (AvgIpc) is 2.84. The number of hydrogen-bond acceptors (Lipinski definition) is 5. The van der Waals surface area contributed by atoms with Gasteiger partial charge >= 0.3 is 6.18 Å². The molecule has 3 atom stereocenters. The van der Waals surface area contributed by atoms with Crippen LogP contribution in [0.1, 0.15) is 25.3 Å². The minimum Gasteiger partial charge on any atom is -0.373 e. The molecule has 0 radical (unpaired) electrons. The molecule has 2 aliphatic rings. The summed E-state index contributed by atoms with van der Waals surface area (Å²) in [5.74, 6) is -1.91. The van der Waals surface area contributed by atoms with Crippen LogP contribution < -0.4 is 5.32 Å². The van der Waals surface area contributed by atoms with E-state index in [1.54, 1.807) is 6.07 Å². The topological polar surface area (TPSA) is 95.4 Å². The maximum Gasteiger partial charge on any atom is 0.426 e. The number of nitrogens with zero attached hydrogens (tertiary/aromatic N) is 3. The fourth-order valence-electron chi connectivity index (χ4n) is 3.58. The van der Waals surface area contributed by atoms with Crippen LogP contribution in [0.2, 0.25) is 0 Å².